The molecule has 4 nitrogen and oxygen atoms in total. The van der Waals surface area contributed by atoms with Crippen molar-refractivity contribution in [1.82, 2.24) is 5.32 Å². The van der Waals surface area contributed by atoms with Crippen LogP contribution in [0.2, 0.25) is 0 Å². The molecule has 1 aromatic rings. The quantitative estimate of drug-likeness (QED) is 0.329. The van der Waals surface area contributed by atoms with Crippen molar-refractivity contribution in [1.29, 1.82) is 0 Å². The molecule has 0 aromatic heterocycles. The Morgan fingerprint density at radius 1 is 1.53 bits per heavy atom. The molecule has 2 rings (SSSR count). The van der Waals surface area contributed by atoms with E-state index in [4.69, 9.17) is 10.9 Å². The first-order valence-corrected chi connectivity index (χ1v) is 6.72. The van der Waals surface area contributed by atoms with Crippen LogP contribution >= 0.6 is 0 Å². The van der Waals surface area contributed by atoms with Gasteiger partial charge < -0.3 is 16.3 Å². The molecular weight excluding hydrogens is 238 g/mol. The standard InChI is InChI=1S/C15H23N3O/c1-10-6-11(14(16)18-19)4-5-12(10)8-17-9-13-7-15(13,2)3/h4-6,13,17,19H,7-9H2,1-3H3,(H2,16,18). The molecule has 0 aliphatic heterocycles. The van der Waals surface area contributed by atoms with Gasteiger partial charge in [0.05, 0.1) is 0 Å². The number of nitrogens with zero attached hydrogens (tertiary/aromatic N) is 1. The molecular formula is C15H23N3O. The molecule has 0 saturated heterocycles. The third-order valence-corrected chi connectivity index (χ3v) is 4.17. The minimum Gasteiger partial charge on any atom is -0.409 e. The molecule has 1 saturated carbocycles. The van der Waals surface area contributed by atoms with Crippen LogP contribution in [0.15, 0.2) is 23.4 Å². The van der Waals surface area contributed by atoms with E-state index in [-0.39, 0.29) is 5.84 Å². The zero-order chi connectivity index (χ0) is 14.0. The summed E-state index contributed by atoms with van der Waals surface area (Å²) in [6.07, 6.45) is 1.32. The first-order chi connectivity index (χ1) is 8.94. The lowest BCUT2D eigenvalue weighted by Crippen LogP contribution is -2.19. The average Bonchev–Trinajstić information content (AvgIpc) is 2.98. The molecule has 104 valence electrons. The van der Waals surface area contributed by atoms with Gasteiger partial charge in [-0.05, 0) is 48.4 Å². The van der Waals surface area contributed by atoms with Crippen LogP contribution in [0.3, 0.4) is 0 Å². The van der Waals surface area contributed by atoms with Gasteiger partial charge in [0.15, 0.2) is 5.84 Å². The number of amidine groups is 1. The first kappa shape index (κ1) is 13.9. The Morgan fingerprint density at radius 2 is 2.21 bits per heavy atom. The van der Waals surface area contributed by atoms with Gasteiger partial charge in [0.25, 0.3) is 0 Å². The van der Waals surface area contributed by atoms with E-state index in [0.717, 1.165) is 30.1 Å². The summed E-state index contributed by atoms with van der Waals surface area (Å²) >= 11 is 0. The van der Waals surface area contributed by atoms with E-state index in [1.807, 2.05) is 25.1 Å². The van der Waals surface area contributed by atoms with Crippen molar-refractivity contribution in [2.45, 2.75) is 33.7 Å². The first-order valence-electron chi connectivity index (χ1n) is 6.72. The molecule has 0 radical (unpaired) electrons. The van der Waals surface area contributed by atoms with Crippen molar-refractivity contribution >= 4 is 5.84 Å². The number of hydrogen-bond donors (Lipinski definition) is 3. The van der Waals surface area contributed by atoms with E-state index in [2.05, 4.69) is 24.3 Å². The summed E-state index contributed by atoms with van der Waals surface area (Å²) in [4.78, 5) is 0. The van der Waals surface area contributed by atoms with Crippen molar-refractivity contribution in [3.05, 3.63) is 34.9 Å². The SMILES string of the molecule is Cc1cc(/C(N)=N/O)ccc1CNCC1CC1(C)C. The molecule has 4 heteroatoms. The number of hydrogen-bond acceptors (Lipinski definition) is 3. The van der Waals surface area contributed by atoms with E-state index in [1.165, 1.54) is 12.0 Å². The lowest BCUT2D eigenvalue weighted by Gasteiger charge is -2.10. The second-order valence-corrected chi connectivity index (χ2v) is 6.15. The fourth-order valence-corrected chi connectivity index (χ4v) is 2.42. The third kappa shape index (κ3) is 3.26. The maximum atomic E-state index is 8.66. The number of aryl methyl sites for hydroxylation is 1. The second-order valence-electron chi connectivity index (χ2n) is 6.15. The highest BCUT2D eigenvalue weighted by Gasteiger charge is 2.44. The summed E-state index contributed by atoms with van der Waals surface area (Å²) in [5.41, 5.74) is 9.27. The van der Waals surface area contributed by atoms with Gasteiger partial charge in [-0.1, -0.05) is 31.1 Å². The number of oxime groups is 1. The minimum absolute atomic E-state index is 0.155. The van der Waals surface area contributed by atoms with Crippen LogP contribution < -0.4 is 11.1 Å². The van der Waals surface area contributed by atoms with Gasteiger partial charge in [-0.3, -0.25) is 0 Å². The Balaban J connectivity index is 1.91. The maximum Gasteiger partial charge on any atom is 0.170 e. The zero-order valence-electron chi connectivity index (χ0n) is 11.9. The summed E-state index contributed by atoms with van der Waals surface area (Å²) in [7, 11) is 0. The zero-order valence-corrected chi connectivity index (χ0v) is 11.9. The molecule has 1 fully saturated rings. The largest absolute Gasteiger partial charge is 0.409 e. The van der Waals surface area contributed by atoms with E-state index in [9.17, 15) is 0 Å². The van der Waals surface area contributed by atoms with Crippen LogP contribution in [0.25, 0.3) is 0 Å². The summed E-state index contributed by atoms with van der Waals surface area (Å²) in [5, 5.41) is 15.2. The smallest absolute Gasteiger partial charge is 0.170 e. The molecule has 0 amide bonds. The lowest BCUT2D eigenvalue weighted by molar-refractivity contribution is 0.318. The third-order valence-electron chi connectivity index (χ3n) is 4.17. The normalized spacial score (nSPS) is 21.4. The lowest BCUT2D eigenvalue weighted by atomic mass is 10.0. The molecule has 4 N–H and O–H groups in total. The van der Waals surface area contributed by atoms with Crippen LogP contribution in [0.1, 0.15) is 37.0 Å². The molecule has 19 heavy (non-hydrogen) atoms. The predicted molar refractivity (Wildman–Crippen MR) is 77.3 cm³/mol. The number of benzene rings is 1. The summed E-state index contributed by atoms with van der Waals surface area (Å²) in [6.45, 7) is 8.63. The highest BCUT2D eigenvalue weighted by Crippen LogP contribution is 2.50. The van der Waals surface area contributed by atoms with E-state index in [0.29, 0.717) is 5.41 Å². The molecule has 1 aliphatic carbocycles. The molecule has 1 atom stereocenters. The molecule has 1 aliphatic rings. The van der Waals surface area contributed by atoms with Gasteiger partial charge in [0.1, 0.15) is 0 Å². The van der Waals surface area contributed by atoms with Crippen LogP contribution in [-0.4, -0.2) is 17.6 Å². The molecule has 0 heterocycles. The molecule has 1 unspecified atom stereocenters. The van der Waals surface area contributed by atoms with Gasteiger partial charge in [-0.2, -0.15) is 0 Å². The highest BCUT2D eigenvalue weighted by molar-refractivity contribution is 5.97. The van der Waals surface area contributed by atoms with Crippen molar-refractivity contribution in [2.75, 3.05) is 6.54 Å². The number of nitrogens with two attached hydrogens (primary N) is 1. The fourth-order valence-electron chi connectivity index (χ4n) is 2.42. The van der Waals surface area contributed by atoms with Crippen LogP contribution in [0, 0.1) is 18.3 Å². The highest BCUT2D eigenvalue weighted by atomic mass is 16.4. The number of nitrogens with one attached hydrogen (secondary N) is 1. The Morgan fingerprint density at radius 3 is 2.74 bits per heavy atom. The van der Waals surface area contributed by atoms with Gasteiger partial charge >= 0.3 is 0 Å². The van der Waals surface area contributed by atoms with Crippen molar-refractivity contribution in [2.24, 2.45) is 22.2 Å². The maximum absolute atomic E-state index is 8.66. The summed E-state index contributed by atoms with van der Waals surface area (Å²) in [5.74, 6) is 0.964. The van der Waals surface area contributed by atoms with Crippen molar-refractivity contribution < 1.29 is 5.21 Å². The Hall–Kier alpha value is -1.55. The van der Waals surface area contributed by atoms with Gasteiger partial charge in [0.2, 0.25) is 0 Å². The summed E-state index contributed by atoms with van der Waals surface area (Å²) in [6, 6.07) is 5.88. The predicted octanol–water partition coefficient (Wildman–Crippen LogP) is 2.23. The van der Waals surface area contributed by atoms with E-state index >= 15 is 0 Å². The average molecular weight is 261 g/mol. The van der Waals surface area contributed by atoms with E-state index in [1.54, 1.807) is 0 Å². The van der Waals surface area contributed by atoms with Gasteiger partial charge in [-0.25, -0.2) is 0 Å². The summed E-state index contributed by atoms with van der Waals surface area (Å²) < 4.78 is 0. The topological polar surface area (TPSA) is 70.6 Å². The Bertz CT molecular complexity index is 494. The van der Waals surface area contributed by atoms with Crippen LogP contribution in [-0.2, 0) is 6.54 Å². The van der Waals surface area contributed by atoms with Crippen LogP contribution in [0.5, 0.6) is 0 Å². The Kier molecular flexibility index (Phi) is 3.80. The van der Waals surface area contributed by atoms with Crippen LogP contribution in [0.4, 0.5) is 0 Å². The minimum atomic E-state index is 0.155. The van der Waals surface area contributed by atoms with Gasteiger partial charge in [-0.15, -0.1) is 0 Å². The molecule has 0 spiro atoms. The Labute approximate surface area is 114 Å². The fraction of sp³-hybridized carbons (Fsp3) is 0.533. The second kappa shape index (κ2) is 5.21. The van der Waals surface area contributed by atoms with Crippen molar-refractivity contribution in [3.8, 4) is 0 Å². The van der Waals surface area contributed by atoms with Crippen molar-refractivity contribution in [3.63, 3.8) is 0 Å². The molecule has 1 aromatic carbocycles. The number of rotatable bonds is 5. The van der Waals surface area contributed by atoms with E-state index < -0.39 is 0 Å². The molecule has 0 bridgehead atoms. The van der Waals surface area contributed by atoms with Gasteiger partial charge in [0, 0.05) is 12.1 Å². The monoisotopic (exact) mass is 261 g/mol.